The average molecular weight is 356 g/mol. The highest BCUT2D eigenvalue weighted by Crippen LogP contribution is 2.18. The number of ether oxygens (including phenoxy) is 2. The second kappa shape index (κ2) is 9.22. The Labute approximate surface area is 151 Å². The molecule has 0 saturated carbocycles. The summed E-state index contributed by atoms with van der Waals surface area (Å²) in [6.45, 7) is 1.55. The number of methoxy groups -OCH3 is 2. The SMILES string of the molecule is COC(=O)c1ccc(C)c(NC(=O)CO/N=C\c2ccccc2OC)c1. The van der Waals surface area contributed by atoms with Crippen molar-refractivity contribution in [3.8, 4) is 5.75 Å². The molecule has 0 saturated heterocycles. The summed E-state index contributed by atoms with van der Waals surface area (Å²) in [7, 11) is 2.86. The zero-order valence-electron chi connectivity index (χ0n) is 14.8. The summed E-state index contributed by atoms with van der Waals surface area (Å²) in [5.74, 6) is -0.218. The Kier molecular flexibility index (Phi) is 6.73. The number of para-hydroxylation sites is 1. The monoisotopic (exact) mass is 356 g/mol. The maximum absolute atomic E-state index is 12.0. The number of hydrogen-bond donors (Lipinski definition) is 1. The molecule has 0 spiro atoms. The molecule has 0 fully saturated rings. The van der Waals surface area contributed by atoms with Crippen molar-refractivity contribution in [2.24, 2.45) is 5.16 Å². The van der Waals surface area contributed by atoms with E-state index < -0.39 is 11.9 Å². The maximum Gasteiger partial charge on any atom is 0.337 e. The number of carbonyl (C=O) groups excluding carboxylic acids is 2. The molecule has 0 aromatic heterocycles. The fraction of sp³-hybridized carbons (Fsp3) is 0.211. The Bertz CT molecular complexity index is 817. The van der Waals surface area contributed by atoms with Crippen LogP contribution in [0.3, 0.4) is 0 Å². The van der Waals surface area contributed by atoms with E-state index in [-0.39, 0.29) is 6.61 Å². The molecule has 1 N–H and O–H groups in total. The number of carbonyl (C=O) groups is 2. The van der Waals surface area contributed by atoms with E-state index in [1.165, 1.54) is 13.3 Å². The zero-order chi connectivity index (χ0) is 18.9. The van der Waals surface area contributed by atoms with Gasteiger partial charge in [0.1, 0.15) is 5.75 Å². The molecule has 26 heavy (non-hydrogen) atoms. The number of rotatable bonds is 7. The lowest BCUT2D eigenvalue weighted by molar-refractivity contribution is -0.120. The highest BCUT2D eigenvalue weighted by molar-refractivity contribution is 5.95. The van der Waals surface area contributed by atoms with E-state index in [0.29, 0.717) is 17.0 Å². The number of aryl methyl sites for hydroxylation is 1. The van der Waals surface area contributed by atoms with Gasteiger partial charge in [0.15, 0.2) is 6.61 Å². The van der Waals surface area contributed by atoms with Crippen molar-refractivity contribution >= 4 is 23.8 Å². The highest BCUT2D eigenvalue weighted by Gasteiger charge is 2.10. The van der Waals surface area contributed by atoms with E-state index in [1.54, 1.807) is 31.4 Å². The van der Waals surface area contributed by atoms with Crippen LogP contribution in [0, 0.1) is 6.92 Å². The van der Waals surface area contributed by atoms with E-state index in [4.69, 9.17) is 9.57 Å². The molecule has 7 heteroatoms. The Balaban J connectivity index is 1.93. The van der Waals surface area contributed by atoms with Crippen molar-refractivity contribution < 1.29 is 23.9 Å². The number of nitrogens with one attached hydrogen (secondary N) is 1. The molecule has 0 atom stereocenters. The molecule has 2 aromatic rings. The van der Waals surface area contributed by atoms with Crippen molar-refractivity contribution in [3.05, 3.63) is 59.2 Å². The summed E-state index contributed by atoms with van der Waals surface area (Å²) in [4.78, 5) is 28.6. The van der Waals surface area contributed by atoms with Gasteiger partial charge in [-0.25, -0.2) is 4.79 Å². The van der Waals surface area contributed by atoms with Gasteiger partial charge in [-0.05, 0) is 36.8 Å². The van der Waals surface area contributed by atoms with Gasteiger partial charge < -0.3 is 19.6 Å². The van der Waals surface area contributed by atoms with Crippen LogP contribution in [0.4, 0.5) is 5.69 Å². The molecule has 7 nitrogen and oxygen atoms in total. The standard InChI is InChI=1S/C19H20N2O5/c1-13-8-9-14(19(23)25-3)10-16(13)21-18(22)12-26-20-11-15-6-4-5-7-17(15)24-2/h4-11H,12H2,1-3H3,(H,21,22)/b20-11-. The van der Waals surface area contributed by atoms with Gasteiger partial charge in [-0.2, -0.15) is 0 Å². The van der Waals surface area contributed by atoms with Crippen LogP contribution in [0.15, 0.2) is 47.6 Å². The molecule has 136 valence electrons. The summed E-state index contributed by atoms with van der Waals surface area (Å²) in [5, 5.41) is 6.45. The molecular formula is C19H20N2O5. The van der Waals surface area contributed by atoms with Gasteiger partial charge in [-0.1, -0.05) is 23.4 Å². The van der Waals surface area contributed by atoms with Crippen LogP contribution >= 0.6 is 0 Å². The lowest BCUT2D eigenvalue weighted by atomic mass is 10.1. The van der Waals surface area contributed by atoms with Crippen LogP contribution < -0.4 is 10.1 Å². The van der Waals surface area contributed by atoms with Gasteiger partial charge in [0.05, 0.1) is 26.0 Å². The van der Waals surface area contributed by atoms with Gasteiger partial charge in [-0.3, -0.25) is 4.79 Å². The number of nitrogens with zero attached hydrogens (tertiary/aromatic N) is 1. The van der Waals surface area contributed by atoms with Crippen molar-refractivity contribution in [2.45, 2.75) is 6.92 Å². The minimum atomic E-state index is -0.474. The second-order valence-corrected chi connectivity index (χ2v) is 5.32. The molecule has 2 aromatic carbocycles. The number of esters is 1. The summed E-state index contributed by atoms with van der Waals surface area (Å²) in [6, 6.07) is 12.2. The predicted octanol–water partition coefficient (Wildman–Crippen LogP) is 2.78. The van der Waals surface area contributed by atoms with Crippen molar-refractivity contribution in [3.63, 3.8) is 0 Å². The molecule has 0 aliphatic rings. The third-order valence-corrected chi connectivity index (χ3v) is 3.53. The molecule has 2 rings (SSSR count). The normalized spacial score (nSPS) is 10.4. The quantitative estimate of drug-likeness (QED) is 0.468. The summed E-state index contributed by atoms with van der Waals surface area (Å²) in [5.41, 5.74) is 2.40. The number of oxime groups is 1. The third kappa shape index (κ3) is 5.07. The first-order valence-corrected chi connectivity index (χ1v) is 7.82. The largest absolute Gasteiger partial charge is 0.496 e. The number of anilines is 1. The van der Waals surface area contributed by atoms with Crippen LogP contribution in [0.25, 0.3) is 0 Å². The highest BCUT2D eigenvalue weighted by atomic mass is 16.6. The molecule has 0 heterocycles. The fourth-order valence-electron chi connectivity index (χ4n) is 2.15. The Morgan fingerprint density at radius 3 is 2.65 bits per heavy atom. The Hall–Kier alpha value is -3.35. The molecule has 0 unspecified atom stereocenters. The number of amides is 1. The molecule has 0 radical (unpaired) electrons. The van der Waals surface area contributed by atoms with Crippen molar-refractivity contribution in [2.75, 3.05) is 26.1 Å². The number of benzene rings is 2. The van der Waals surface area contributed by atoms with E-state index in [0.717, 1.165) is 11.1 Å². The Morgan fingerprint density at radius 2 is 1.92 bits per heavy atom. The molecule has 1 amide bonds. The van der Waals surface area contributed by atoms with Crippen LogP contribution in [0.2, 0.25) is 0 Å². The van der Waals surface area contributed by atoms with Crippen molar-refractivity contribution in [1.82, 2.24) is 0 Å². The third-order valence-electron chi connectivity index (χ3n) is 3.53. The lowest BCUT2D eigenvalue weighted by Gasteiger charge is -2.09. The second-order valence-electron chi connectivity index (χ2n) is 5.32. The first-order valence-electron chi connectivity index (χ1n) is 7.82. The summed E-state index contributed by atoms with van der Waals surface area (Å²) < 4.78 is 9.86. The van der Waals surface area contributed by atoms with E-state index >= 15 is 0 Å². The van der Waals surface area contributed by atoms with E-state index in [2.05, 4.69) is 15.2 Å². The number of hydrogen-bond acceptors (Lipinski definition) is 6. The minimum absolute atomic E-state index is 0.270. The average Bonchev–Trinajstić information content (AvgIpc) is 2.66. The summed E-state index contributed by atoms with van der Waals surface area (Å²) >= 11 is 0. The van der Waals surface area contributed by atoms with Crippen molar-refractivity contribution in [1.29, 1.82) is 0 Å². The predicted molar refractivity (Wildman–Crippen MR) is 97.7 cm³/mol. The van der Waals surface area contributed by atoms with Gasteiger partial charge >= 0.3 is 5.97 Å². The molecule has 0 aliphatic heterocycles. The molecule has 0 bridgehead atoms. The maximum atomic E-state index is 12.0. The molecule has 0 aliphatic carbocycles. The first-order chi connectivity index (χ1) is 12.5. The fourth-order valence-corrected chi connectivity index (χ4v) is 2.15. The van der Waals surface area contributed by atoms with E-state index in [1.807, 2.05) is 25.1 Å². The van der Waals surface area contributed by atoms with Gasteiger partial charge in [0.25, 0.3) is 5.91 Å². The smallest absolute Gasteiger partial charge is 0.337 e. The summed E-state index contributed by atoms with van der Waals surface area (Å²) in [6.07, 6.45) is 1.47. The van der Waals surface area contributed by atoms with Gasteiger partial charge in [-0.15, -0.1) is 0 Å². The van der Waals surface area contributed by atoms with Crippen LogP contribution in [0.5, 0.6) is 5.75 Å². The zero-order valence-corrected chi connectivity index (χ0v) is 14.8. The van der Waals surface area contributed by atoms with Crippen LogP contribution in [0.1, 0.15) is 21.5 Å². The van der Waals surface area contributed by atoms with Crippen LogP contribution in [-0.2, 0) is 14.4 Å². The minimum Gasteiger partial charge on any atom is -0.496 e. The topological polar surface area (TPSA) is 86.2 Å². The van der Waals surface area contributed by atoms with Gasteiger partial charge in [0.2, 0.25) is 0 Å². The van der Waals surface area contributed by atoms with E-state index in [9.17, 15) is 9.59 Å². The Morgan fingerprint density at radius 1 is 1.15 bits per heavy atom. The molecular weight excluding hydrogens is 336 g/mol. The van der Waals surface area contributed by atoms with Gasteiger partial charge in [0, 0.05) is 11.3 Å². The van der Waals surface area contributed by atoms with Crippen LogP contribution in [-0.4, -0.2) is 38.9 Å². The first kappa shape index (κ1) is 19.0. The lowest BCUT2D eigenvalue weighted by Crippen LogP contribution is -2.18.